The smallest absolute Gasteiger partial charge is 0.417 e. The number of amides is 4. The fourth-order valence-electron chi connectivity index (χ4n) is 8.52. The van der Waals surface area contributed by atoms with Gasteiger partial charge in [-0.15, -0.1) is 0 Å². The van der Waals surface area contributed by atoms with Gasteiger partial charge in [-0.25, -0.2) is 4.98 Å². The second kappa shape index (κ2) is 12.6. The van der Waals surface area contributed by atoms with Crippen LogP contribution in [0.5, 0.6) is 11.5 Å². The molecule has 2 aliphatic carbocycles. The van der Waals surface area contributed by atoms with Crippen molar-refractivity contribution in [3.63, 3.8) is 0 Å². The normalized spacial score (nSPS) is 27.3. The van der Waals surface area contributed by atoms with Crippen molar-refractivity contribution >= 4 is 52.6 Å². The van der Waals surface area contributed by atoms with Crippen molar-refractivity contribution in [1.82, 2.24) is 14.9 Å². The highest BCUT2D eigenvalue weighted by Crippen LogP contribution is 2.64. The number of carbonyl (C=O) groups is 4. The summed E-state index contributed by atoms with van der Waals surface area (Å²) in [5.74, 6) is -6.68. The van der Waals surface area contributed by atoms with Crippen LogP contribution in [0, 0.1) is 23.7 Å². The number of alkyl halides is 3. The summed E-state index contributed by atoms with van der Waals surface area (Å²) in [6.45, 7) is 3.84. The van der Waals surface area contributed by atoms with E-state index in [-0.39, 0.29) is 55.1 Å². The van der Waals surface area contributed by atoms with Gasteiger partial charge < -0.3 is 9.84 Å². The van der Waals surface area contributed by atoms with Crippen LogP contribution in [-0.2, 0) is 30.8 Å². The second-order valence-electron chi connectivity index (χ2n) is 13.0. The lowest BCUT2D eigenvalue weighted by Crippen LogP contribution is -2.53. The second-order valence-corrected chi connectivity index (χ2v) is 13.8. The summed E-state index contributed by atoms with van der Waals surface area (Å²) >= 11 is 12.5. The van der Waals surface area contributed by atoms with Gasteiger partial charge >= 0.3 is 6.18 Å². The molecule has 0 radical (unpaired) electrons. The lowest BCUT2D eigenvalue weighted by Gasteiger charge is -2.50. The van der Waals surface area contributed by atoms with Crippen molar-refractivity contribution in [1.29, 1.82) is 0 Å². The molecule has 15 heteroatoms. The Morgan fingerprint density at radius 1 is 1.00 bits per heavy atom. The molecule has 6 atom stereocenters. The molecule has 4 aliphatic rings. The maximum Gasteiger partial charge on any atom is 0.417 e. The number of aromatic hydroxyl groups is 1. The number of hydrazine groups is 1. The van der Waals surface area contributed by atoms with E-state index in [4.69, 9.17) is 27.9 Å². The van der Waals surface area contributed by atoms with Gasteiger partial charge in [-0.1, -0.05) is 53.1 Å². The van der Waals surface area contributed by atoms with E-state index in [1.54, 1.807) is 50.2 Å². The van der Waals surface area contributed by atoms with Gasteiger partial charge in [0.1, 0.15) is 0 Å². The molecule has 2 N–H and O–H groups in total. The van der Waals surface area contributed by atoms with Crippen LogP contribution in [0.2, 0.25) is 10.0 Å². The molecule has 4 amide bonds. The maximum atomic E-state index is 15.2. The number of hydrogen-bond acceptors (Lipinski definition) is 8. The van der Waals surface area contributed by atoms with Crippen LogP contribution in [0.3, 0.4) is 0 Å². The molecule has 266 valence electrons. The number of imide groups is 2. The molecular weight excluding hydrogens is 712 g/mol. The van der Waals surface area contributed by atoms with Gasteiger partial charge in [0.15, 0.2) is 17.3 Å². The van der Waals surface area contributed by atoms with Gasteiger partial charge in [0.2, 0.25) is 11.8 Å². The summed E-state index contributed by atoms with van der Waals surface area (Å²) in [5.41, 5.74) is 1.34. The number of likely N-dealkylation sites (tertiary alicyclic amines) is 1. The van der Waals surface area contributed by atoms with E-state index in [1.807, 2.05) is 6.08 Å². The maximum absolute atomic E-state index is 15.2. The summed E-state index contributed by atoms with van der Waals surface area (Å²) in [5, 5.41) is 11.3. The fourth-order valence-corrected chi connectivity index (χ4v) is 8.85. The first-order chi connectivity index (χ1) is 24.2. The highest BCUT2D eigenvalue weighted by atomic mass is 35.5. The molecule has 7 rings (SSSR count). The minimum atomic E-state index is -4.74. The van der Waals surface area contributed by atoms with Crippen LogP contribution in [0.15, 0.2) is 66.4 Å². The average molecular weight is 744 g/mol. The Morgan fingerprint density at radius 3 is 2.37 bits per heavy atom. The van der Waals surface area contributed by atoms with Crippen LogP contribution in [0.1, 0.15) is 49.3 Å². The number of phenols is 1. The zero-order valence-corrected chi connectivity index (χ0v) is 28.7. The standard InChI is InChI=1S/C36H31Cl2F3N4O6/c1-3-44-31(47)22-11-10-21-23(28(22)33(44)49)15-24-32(48)45(43-30-25(38)14-19(16-42-30)36(39,40)41)34(50)35(24,18-6-8-20(37)9-7-18)29(21)17-5-12-26(46)27(13-17)51-4-2/h5-10,12-14,16,22-24,28-29,46H,3-4,11,15H2,1-2H3,(H,42,43). The van der Waals surface area contributed by atoms with Crippen LogP contribution in [-0.4, -0.2) is 56.8 Å². The lowest BCUT2D eigenvalue weighted by atomic mass is 9.49. The Morgan fingerprint density at radius 2 is 1.73 bits per heavy atom. The third-order valence-electron chi connectivity index (χ3n) is 10.6. The molecule has 1 aromatic heterocycles. The fraction of sp³-hybridized carbons (Fsp3) is 0.361. The number of hydrogen-bond donors (Lipinski definition) is 2. The van der Waals surface area contributed by atoms with Gasteiger partial charge in [0, 0.05) is 23.7 Å². The Hall–Kier alpha value is -4.62. The molecule has 2 saturated heterocycles. The predicted octanol–water partition coefficient (Wildman–Crippen LogP) is 6.52. The van der Waals surface area contributed by atoms with Crippen molar-refractivity contribution in [2.75, 3.05) is 18.6 Å². The highest BCUT2D eigenvalue weighted by molar-refractivity contribution is 6.33. The molecule has 1 saturated carbocycles. The molecule has 3 heterocycles. The van der Waals surface area contributed by atoms with Crippen LogP contribution in [0.4, 0.5) is 19.0 Å². The number of carbonyl (C=O) groups excluding carboxylic acids is 4. The first-order valence-electron chi connectivity index (χ1n) is 16.4. The molecule has 6 unspecified atom stereocenters. The molecule has 2 aromatic carbocycles. The average Bonchev–Trinajstić information content (AvgIpc) is 3.47. The van der Waals surface area contributed by atoms with Crippen molar-refractivity contribution in [2.45, 2.75) is 44.2 Å². The van der Waals surface area contributed by atoms with Gasteiger partial charge in [-0.05, 0) is 74.1 Å². The van der Waals surface area contributed by atoms with Crippen molar-refractivity contribution in [3.05, 3.63) is 93.1 Å². The van der Waals surface area contributed by atoms with Crippen molar-refractivity contribution in [2.24, 2.45) is 23.7 Å². The number of ether oxygens (including phenoxy) is 1. The summed E-state index contributed by atoms with van der Waals surface area (Å²) in [4.78, 5) is 62.2. The minimum Gasteiger partial charge on any atom is -0.504 e. The molecule has 3 aromatic rings. The Bertz CT molecular complexity index is 2010. The number of fused-ring (bicyclic) bond motifs is 4. The number of nitrogens with zero attached hydrogens (tertiary/aromatic N) is 3. The van der Waals surface area contributed by atoms with E-state index in [2.05, 4.69) is 10.4 Å². The number of allylic oxidation sites excluding steroid dienone is 2. The first-order valence-corrected chi connectivity index (χ1v) is 17.1. The third-order valence-corrected chi connectivity index (χ3v) is 11.1. The van der Waals surface area contributed by atoms with E-state index in [0.29, 0.717) is 34.0 Å². The number of aromatic nitrogens is 1. The number of nitrogens with one attached hydrogen (secondary N) is 1. The predicted molar refractivity (Wildman–Crippen MR) is 179 cm³/mol. The molecule has 0 bridgehead atoms. The van der Waals surface area contributed by atoms with Crippen LogP contribution < -0.4 is 10.2 Å². The largest absolute Gasteiger partial charge is 0.504 e. The Labute approximate surface area is 300 Å². The molecular formula is C36H31Cl2F3N4O6. The van der Waals surface area contributed by atoms with E-state index in [9.17, 15) is 32.7 Å². The Kier molecular flexibility index (Phi) is 8.57. The Balaban J connectivity index is 1.45. The van der Waals surface area contributed by atoms with Gasteiger partial charge in [-0.3, -0.25) is 29.5 Å². The van der Waals surface area contributed by atoms with Crippen molar-refractivity contribution < 1.29 is 42.2 Å². The molecule has 51 heavy (non-hydrogen) atoms. The summed E-state index contributed by atoms with van der Waals surface area (Å²) in [6.07, 6.45) is -2.10. The minimum absolute atomic E-state index is 0.00394. The zero-order chi connectivity index (χ0) is 36.6. The van der Waals surface area contributed by atoms with E-state index < -0.39 is 63.6 Å². The van der Waals surface area contributed by atoms with Gasteiger partial charge in [-0.2, -0.15) is 18.2 Å². The number of anilines is 1. The SMILES string of the molecule is CCOc1cc(C2C3=CCC4C(=O)N(CC)C(=O)C4C3CC3C(=O)N(Nc4ncc(C(F)(F)F)cc4Cl)C(=O)C32c2ccc(Cl)cc2)ccc1O. The lowest BCUT2D eigenvalue weighted by molar-refractivity contribution is -0.141. The highest BCUT2D eigenvalue weighted by Gasteiger charge is 2.70. The summed E-state index contributed by atoms with van der Waals surface area (Å²) < 4.78 is 46.0. The number of benzene rings is 2. The third kappa shape index (κ3) is 5.26. The number of rotatable bonds is 7. The monoisotopic (exact) mass is 742 g/mol. The molecule has 2 aliphatic heterocycles. The topological polar surface area (TPSA) is 129 Å². The number of pyridine rings is 1. The number of phenolic OH excluding ortho intramolecular Hbond substituents is 1. The molecule has 3 fully saturated rings. The van der Waals surface area contributed by atoms with Crippen LogP contribution >= 0.6 is 23.2 Å². The van der Waals surface area contributed by atoms with Gasteiger partial charge in [0.05, 0.1) is 40.4 Å². The van der Waals surface area contributed by atoms with Gasteiger partial charge in [0.25, 0.3) is 11.8 Å². The van der Waals surface area contributed by atoms with E-state index in [0.717, 1.165) is 5.01 Å². The zero-order valence-electron chi connectivity index (χ0n) is 27.2. The summed E-state index contributed by atoms with van der Waals surface area (Å²) in [6, 6.07) is 11.7. The summed E-state index contributed by atoms with van der Waals surface area (Å²) in [7, 11) is 0. The molecule has 10 nitrogen and oxygen atoms in total. The number of halogens is 5. The van der Waals surface area contributed by atoms with Crippen LogP contribution in [0.25, 0.3) is 0 Å². The quantitative estimate of drug-likeness (QED) is 0.207. The van der Waals surface area contributed by atoms with E-state index in [1.165, 1.54) is 11.0 Å². The molecule has 0 spiro atoms. The first kappa shape index (κ1) is 34.8. The van der Waals surface area contributed by atoms with E-state index >= 15 is 4.79 Å². The van der Waals surface area contributed by atoms with Crippen molar-refractivity contribution in [3.8, 4) is 11.5 Å².